The van der Waals surface area contributed by atoms with Gasteiger partial charge in [0.25, 0.3) is 0 Å². The molecule has 0 atom stereocenters. The fourth-order valence-corrected chi connectivity index (χ4v) is 2.80. The van der Waals surface area contributed by atoms with Gasteiger partial charge in [0, 0.05) is 20.8 Å². The second kappa shape index (κ2) is 5.75. The number of halogens is 3. The Morgan fingerprint density at radius 2 is 1.05 bits per heavy atom. The number of hydrogen-bond acceptors (Lipinski definition) is 0. The van der Waals surface area contributed by atoms with Crippen LogP contribution in [0, 0.1) is 0 Å². The summed E-state index contributed by atoms with van der Waals surface area (Å²) in [7, 11) is 0. The minimum absolute atomic E-state index is 0.0868. The van der Waals surface area contributed by atoms with Crippen LogP contribution in [-0.2, 0) is 0 Å². The first kappa shape index (κ1) is 14.7. The lowest BCUT2D eigenvalue weighted by atomic mass is 9.82. The monoisotopic (exact) mass is 312 g/mol. The third-order valence-electron chi connectivity index (χ3n) is 3.09. The molecule has 2 aromatic carbocycles. The van der Waals surface area contributed by atoms with Crippen molar-refractivity contribution in [2.45, 2.75) is 24.6 Å². The fraction of sp³-hybridized carbons (Fsp3) is 0.250. The fourth-order valence-electron chi connectivity index (χ4n) is 2.30. The number of benzene rings is 2. The van der Waals surface area contributed by atoms with Crippen LogP contribution < -0.4 is 0 Å². The molecule has 2 rings (SSSR count). The predicted octanol–water partition coefficient (Wildman–Crippen LogP) is 6.14. The quantitative estimate of drug-likeness (QED) is 0.597. The largest absolute Gasteiger partial charge is 0.119 e. The molecule has 0 aliphatic rings. The van der Waals surface area contributed by atoms with Gasteiger partial charge in [-0.3, -0.25) is 0 Å². The van der Waals surface area contributed by atoms with Crippen molar-refractivity contribution in [2.24, 2.45) is 0 Å². The highest BCUT2D eigenvalue weighted by molar-refractivity contribution is 6.30. The van der Waals surface area contributed by atoms with Gasteiger partial charge in [-0.2, -0.15) is 0 Å². The van der Waals surface area contributed by atoms with Crippen molar-refractivity contribution in [3.8, 4) is 0 Å². The smallest absolute Gasteiger partial charge is 0.0499 e. The third-order valence-corrected chi connectivity index (χ3v) is 3.82. The van der Waals surface area contributed by atoms with E-state index in [4.69, 9.17) is 34.8 Å². The molecule has 0 nitrogen and oxygen atoms in total. The lowest BCUT2D eigenvalue weighted by Gasteiger charge is -2.29. The van der Waals surface area contributed by atoms with Gasteiger partial charge >= 0.3 is 0 Å². The Morgan fingerprint density at radius 3 is 1.32 bits per heavy atom. The SMILES string of the molecule is CC(C)(Cl)C(c1ccc(Cl)cc1)c1ccc(Cl)cc1. The summed E-state index contributed by atoms with van der Waals surface area (Å²) in [5.41, 5.74) is 2.29. The molecule has 0 bridgehead atoms. The predicted molar refractivity (Wildman–Crippen MR) is 84.7 cm³/mol. The standard InChI is InChI=1S/C16H15Cl3/c1-16(2,19)15(11-3-7-13(17)8-4-11)12-5-9-14(18)10-6-12/h3-10,15H,1-2H3. The zero-order chi connectivity index (χ0) is 14.0. The highest BCUT2D eigenvalue weighted by Gasteiger charge is 2.30. The topological polar surface area (TPSA) is 0 Å². The van der Waals surface area contributed by atoms with Gasteiger partial charge in [-0.05, 0) is 49.2 Å². The van der Waals surface area contributed by atoms with Crippen LogP contribution in [-0.4, -0.2) is 4.87 Å². The van der Waals surface area contributed by atoms with Crippen LogP contribution in [0.1, 0.15) is 30.9 Å². The minimum Gasteiger partial charge on any atom is -0.119 e. The van der Waals surface area contributed by atoms with E-state index < -0.39 is 4.87 Å². The maximum absolute atomic E-state index is 6.58. The van der Waals surface area contributed by atoms with Crippen LogP contribution in [0.2, 0.25) is 10.0 Å². The van der Waals surface area contributed by atoms with E-state index in [9.17, 15) is 0 Å². The summed E-state index contributed by atoms with van der Waals surface area (Å²) in [4.78, 5) is -0.401. The lowest BCUT2D eigenvalue weighted by molar-refractivity contribution is 0.605. The van der Waals surface area contributed by atoms with E-state index in [0.29, 0.717) is 0 Å². The van der Waals surface area contributed by atoms with E-state index >= 15 is 0 Å². The van der Waals surface area contributed by atoms with Crippen LogP contribution in [0.4, 0.5) is 0 Å². The van der Waals surface area contributed by atoms with E-state index in [1.807, 2.05) is 62.4 Å². The molecule has 0 saturated heterocycles. The van der Waals surface area contributed by atoms with Crippen LogP contribution >= 0.6 is 34.8 Å². The zero-order valence-corrected chi connectivity index (χ0v) is 13.1. The Hall–Kier alpha value is -0.690. The molecule has 0 aliphatic heterocycles. The molecule has 0 aliphatic carbocycles. The third kappa shape index (κ3) is 3.66. The number of rotatable bonds is 3. The molecular weight excluding hydrogens is 299 g/mol. The molecule has 0 fully saturated rings. The second-order valence-corrected chi connectivity index (χ2v) is 6.95. The van der Waals surface area contributed by atoms with Gasteiger partial charge in [-0.15, -0.1) is 11.6 Å². The Balaban J connectivity index is 2.47. The molecule has 0 unspecified atom stereocenters. The summed E-state index contributed by atoms with van der Waals surface area (Å²) >= 11 is 18.5. The average molecular weight is 314 g/mol. The molecule has 0 radical (unpaired) electrons. The van der Waals surface area contributed by atoms with Crippen molar-refractivity contribution in [1.82, 2.24) is 0 Å². The Bertz CT molecular complexity index is 490. The van der Waals surface area contributed by atoms with Crippen molar-refractivity contribution in [3.05, 3.63) is 69.7 Å². The van der Waals surface area contributed by atoms with Gasteiger partial charge in [0.1, 0.15) is 0 Å². The first-order chi connectivity index (χ1) is 8.88. The summed E-state index contributed by atoms with van der Waals surface area (Å²) in [5.74, 6) is 0.0868. The number of hydrogen-bond donors (Lipinski definition) is 0. The van der Waals surface area contributed by atoms with E-state index in [1.165, 1.54) is 0 Å². The van der Waals surface area contributed by atoms with Gasteiger partial charge in [0.2, 0.25) is 0 Å². The van der Waals surface area contributed by atoms with Crippen LogP contribution in [0.3, 0.4) is 0 Å². The summed E-state index contributed by atoms with van der Waals surface area (Å²) < 4.78 is 0. The first-order valence-corrected chi connectivity index (χ1v) is 7.21. The molecule has 0 amide bonds. The highest BCUT2D eigenvalue weighted by Crippen LogP contribution is 2.39. The molecule has 0 N–H and O–H groups in total. The molecule has 2 aromatic rings. The average Bonchev–Trinajstić information content (AvgIpc) is 2.33. The maximum Gasteiger partial charge on any atom is 0.0499 e. The van der Waals surface area contributed by atoms with Crippen molar-refractivity contribution in [2.75, 3.05) is 0 Å². The summed E-state index contributed by atoms with van der Waals surface area (Å²) in [6, 6.07) is 15.6. The summed E-state index contributed by atoms with van der Waals surface area (Å²) in [5, 5.41) is 1.46. The first-order valence-electron chi connectivity index (χ1n) is 6.08. The van der Waals surface area contributed by atoms with Crippen molar-refractivity contribution >= 4 is 34.8 Å². The van der Waals surface area contributed by atoms with E-state index in [1.54, 1.807) is 0 Å². The molecule has 0 spiro atoms. The normalized spacial score (nSPS) is 11.9. The molecular formula is C16H15Cl3. The van der Waals surface area contributed by atoms with Gasteiger partial charge in [0.05, 0.1) is 0 Å². The van der Waals surface area contributed by atoms with Crippen LogP contribution in [0.5, 0.6) is 0 Å². The molecule has 3 heteroatoms. The molecule has 0 heterocycles. The van der Waals surface area contributed by atoms with Crippen molar-refractivity contribution in [3.63, 3.8) is 0 Å². The van der Waals surface area contributed by atoms with Gasteiger partial charge in [-0.1, -0.05) is 47.5 Å². The second-order valence-electron chi connectivity index (χ2n) is 5.10. The Labute approximate surface area is 129 Å². The van der Waals surface area contributed by atoms with Crippen molar-refractivity contribution in [1.29, 1.82) is 0 Å². The summed E-state index contributed by atoms with van der Waals surface area (Å²) in [6.45, 7) is 4.03. The Morgan fingerprint density at radius 1 is 0.737 bits per heavy atom. The van der Waals surface area contributed by atoms with E-state index in [0.717, 1.165) is 21.2 Å². The van der Waals surface area contributed by atoms with Crippen LogP contribution in [0.25, 0.3) is 0 Å². The zero-order valence-electron chi connectivity index (χ0n) is 10.8. The lowest BCUT2D eigenvalue weighted by Crippen LogP contribution is -2.23. The molecule has 100 valence electrons. The minimum atomic E-state index is -0.401. The van der Waals surface area contributed by atoms with Gasteiger partial charge < -0.3 is 0 Å². The molecule has 19 heavy (non-hydrogen) atoms. The van der Waals surface area contributed by atoms with Gasteiger partial charge in [-0.25, -0.2) is 0 Å². The Kier molecular flexibility index (Phi) is 4.45. The number of alkyl halides is 1. The summed E-state index contributed by atoms with van der Waals surface area (Å²) in [6.07, 6.45) is 0. The van der Waals surface area contributed by atoms with Gasteiger partial charge in [0.15, 0.2) is 0 Å². The van der Waals surface area contributed by atoms with E-state index in [2.05, 4.69) is 0 Å². The molecule has 0 saturated carbocycles. The van der Waals surface area contributed by atoms with Crippen LogP contribution in [0.15, 0.2) is 48.5 Å². The van der Waals surface area contributed by atoms with Crippen molar-refractivity contribution < 1.29 is 0 Å². The molecule has 0 aromatic heterocycles. The highest BCUT2D eigenvalue weighted by atomic mass is 35.5. The van der Waals surface area contributed by atoms with E-state index in [-0.39, 0.29) is 5.92 Å². The maximum atomic E-state index is 6.58.